The monoisotopic (exact) mass is 415 g/mol. The molecule has 1 aromatic carbocycles. The van der Waals surface area contributed by atoms with Gasteiger partial charge in [0, 0.05) is 51.2 Å². The van der Waals surface area contributed by atoms with E-state index in [-0.39, 0.29) is 44.2 Å². The molecular formula is C20H28N3OY+. The number of anilines is 1. The third-order valence-corrected chi connectivity index (χ3v) is 6.22. The molecule has 4 nitrogen and oxygen atoms in total. The van der Waals surface area contributed by atoms with Crippen LogP contribution >= 0.6 is 0 Å². The van der Waals surface area contributed by atoms with E-state index >= 15 is 0 Å². The number of likely N-dealkylation sites (N-methyl/N-ethyl adjacent to an activating group) is 1. The van der Waals surface area contributed by atoms with Crippen molar-refractivity contribution in [3.8, 4) is 0 Å². The zero-order valence-corrected chi connectivity index (χ0v) is 18.5. The van der Waals surface area contributed by atoms with Crippen LogP contribution in [0.4, 0.5) is 11.4 Å². The van der Waals surface area contributed by atoms with Gasteiger partial charge in [0.15, 0.2) is 11.2 Å². The maximum absolute atomic E-state index is 13.2. The smallest absolute Gasteiger partial charge is 0.285 e. The van der Waals surface area contributed by atoms with Crippen molar-refractivity contribution in [3.05, 3.63) is 34.7 Å². The Morgan fingerprint density at radius 1 is 1.20 bits per heavy atom. The molecule has 1 aliphatic carbocycles. The van der Waals surface area contributed by atoms with Crippen LogP contribution in [0.3, 0.4) is 0 Å². The van der Waals surface area contributed by atoms with Crippen LogP contribution in [0.5, 0.6) is 0 Å². The molecule has 3 rings (SSSR count). The van der Waals surface area contributed by atoms with Crippen molar-refractivity contribution in [2.45, 2.75) is 58.4 Å². The van der Waals surface area contributed by atoms with E-state index in [9.17, 15) is 4.79 Å². The summed E-state index contributed by atoms with van der Waals surface area (Å²) in [6.07, 6.45) is 5.78. The van der Waals surface area contributed by atoms with Crippen LogP contribution < -0.4 is 5.32 Å². The second-order valence-electron chi connectivity index (χ2n) is 7.52. The van der Waals surface area contributed by atoms with Gasteiger partial charge < -0.3 is 9.80 Å². The summed E-state index contributed by atoms with van der Waals surface area (Å²) in [6, 6.07) is 3.72. The van der Waals surface area contributed by atoms with E-state index in [1.807, 2.05) is 26.0 Å². The van der Waals surface area contributed by atoms with Crippen molar-refractivity contribution in [2.24, 2.45) is 0 Å². The standard InChI is InChI=1S/C20H27N3O.Y/c1-5-23(11-7-6-8-12-23)20(9-10-20)19(24)22-18-15(2)13-17(21-4)14-16(18)3;/h13-14H,5-12H2,1-3H3;/p+1. The molecule has 131 valence electrons. The molecule has 1 aliphatic heterocycles. The van der Waals surface area contributed by atoms with Gasteiger partial charge in [-0.1, -0.05) is 12.1 Å². The third-order valence-electron chi connectivity index (χ3n) is 6.22. The Kier molecular flexibility index (Phi) is 6.47. The molecule has 1 radical (unpaired) electrons. The SMILES string of the molecule is [C-]#[N+]c1cc(C)c(NC(=O)C2([N+]3(CC)CCCCC3)CC2)c(C)c1.[Y]. The van der Waals surface area contributed by atoms with Crippen molar-refractivity contribution >= 4 is 17.3 Å². The molecule has 0 atom stereocenters. The summed E-state index contributed by atoms with van der Waals surface area (Å²) in [6.45, 7) is 16.7. The molecule has 25 heavy (non-hydrogen) atoms. The summed E-state index contributed by atoms with van der Waals surface area (Å²) in [5.41, 5.74) is 3.27. The molecule has 0 aromatic heterocycles. The van der Waals surface area contributed by atoms with E-state index in [0.29, 0.717) is 5.69 Å². The average molecular weight is 415 g/mol. The van der Waals surface area contributed by atoms with Gasteiger partial charge in [-0.25, -0.2) is 4.85 Å². The van der Waals surface area contributed by atoms with Crippen molar-refractivity contribution < 1.29 is 42.0 Å². The molecule has 1 saturated heterocycles. The van der Waals surface area contributed by atoms with Crippen LogP contribution in [0.1, 0.15) is 50.2 Å². The summed E-state index contributed by atoms with van der Waals surface area (Å²) in [7, 11) is 0. The topological polar surface area (TPSA) is 33.5 Å². The van der Waals surface area contributed by atoms with Gasteiger partial charge in [-0.3, -0.25) is 4.79 Å². The minimum Gasteiger partial charge on any atom is -0.320 e. The predicted octanol–water partition coefficient (Wildman–Crippen LogP) is 4.34. The van der Waals surface area contributed by atoms with Crippen LogP contribution in [0, 0.1) is 20.4 Å². The fourth-order valence-electron chi connectivity index (χ4n) is 4.63. The number of quaternary nitrogens is 1. The fourth-order valence-corrected chi connectivity index (χ4v) is 4.63. The Balaban J connectivity index is 0.00000225. The van der Waals surface area contributed by atoms with Crippen LogP contribution in [-0.4, -0.2) is 35.6 Å². The van der Waals surface area contributed by atoms with Crippen LogP contribution in [0.15, 0.2) is 12.1 Å². The Morgan fingerprint density at radius 3 is 2.20 bits per heavy atom. The van der Waals surface area contributed by atoms with E-state index in [4.69, 9.17) is 6.57 Å². The second kappa shape index (κ2) is 7.86. The average Bonchev–Trinajstić information content (AvgIpc) is 3.40. The number of carbonyl (C=O) groups is 1. The number of aryl methyl sites for hydroxylation is 2. The molecule has 1 aromatic rings. The van der Waals surface area contributed by atoms with E-state index in [2.05, 4.69) is 17.1 Å². The van der Waals surface area contributed by atoms with E-state index < -0.39 is 0 Å². The Morgan fingerprint density at radius 2 is 1.76 bits per heavy atom. The predicted molar refractivity (Wildman–Crippen MR) is 97.2 cm³/mol. The Hall–Kier alpha value is -0.756. The molecule has 0 bridgehead atoms. The van der Waals surface area contributed by atoms with Gasteiger partial charge in [0.05, 0.1) is 26.2 Å². The first-order valence-electron chi connectivity index (χ1n) is 9.14. The number of nitrogens with one attached hydrogen (secondary N) is 1. The van der Waals surface area contributed by atoms with Crippen molar-refractivity contribution in [3.63, 3.8) is 0 Å². The maximum Gasteiger partial charge on any atom is 0.285 e. The van der Waals surface area contributed by atoms with Crippen molar-refractivity contribution in [2.75, 3.05) is 25.0 Å². The molecule has 0 spiro atoms. The minimum absolute atomic E-state index is 0. The Bertz CT molecular complexity index is 674. The number of amides is 1. The quantitative estimate of drug-likeness (QED) is 0.576. The number of nitrogens with zero attached hydrogens (tertiary/aromatic N) is 2. The first-order chi connectivity index (χ1) is 11.5. The first kappa shape index (κ1) is 20.6. The van der Waals surface area contributed by atoms with Gasteiger partial charge in [0.2, 0.25) is 0 Å². The van der Waals surface area contributed by atoms with E-state index in [1.165, 1.54) is 19.3 Å². The number of hydrogen-bond donors (Lipinski definition) is 1. The number of rotatable bonds is 4. The summed E-state index contributed by atoms with van der Waals surface area (Å²) in [4.78, 5) is 16.7. The molecular weight excluding hydrogens is 387 g/mol. The van der Waals surface area contributed by atoms with Gasteiger partial charge in [0.25, 0.3) is 5.91 Å². The molecule has 1 saturated carbocycles. The normalized spacial score (nSPS) is 20.1. The Labute approximate surface area is 176 Å². The number of carbonyl (C=O) groups excluding carboxylic acids is 1. The second-order valence-corrected chi connectivity index (χ2v) is 7.52. The van der Waals surface area contributed by atoms with Crippen molar-refractivity contribution in [1.29, 1.82) is 0 Å². The molecule has 2 aliphatic rings. The van der Waals surface area contributed by atoms with Gasteiger partial charge >= 0.3 is 0 Å². The zero-order valence-electron chi connectivity index (χ0n) is 15.7. The number of benzene rings is 1. The summed E-state index contributed by atoms with van der Waals surface area (Å²) in [5.74, 6) is 0.188. The van der Waals surface area contributed by atoms with Gasteiger partial charge in [-0.2, -0.15) is 0 Å². The maximum atomic E-state index is 13.2. The summed E-state index contributed by atoms with van der Waals surface area (Å²) in [5, 5.41) is 3.23. The van der Waals surface area contributed by atoms with Crippen molar-refractivity contribution in [1.82, 2.24) is 0 Å². The van der Waals surface area contributed by atoms with Gasteiger partial charge in [-0.15, -0.1) is 0 Å². The zero-order chi connectivity index (χ0) is 17.4. The minimum atomic E-state index is -0.216. The number of piperidine rings is 1. The summed E-state index contributed by atoms with van der Waals surface area (Å²) < 4.78 is 0.969. The number of likely N-dealkylation sites (tertiary alicyclic amines) is 1. The molecule has 2 fully saturated rings. The molecule has 1 heterocycles. The molecule has 0 unspecified atom stereocenters. The summed E-state index contributed by atoms with van der Waals surface area (Å²) >= 11 is 0. The van der Waals surface area contributed by atoms with Gasteiger partial charge in [0.1, 0.15) is 0 Å². The largest absolute Gasteiger partial charge is 0.320 e. The fraction of sp³-hybridized carbons (Fsp3) is 0.600. The first-order valence-corrected chi connectivity index (χ1v) is 9.14. The molecule has 5 heteroatoms. The van der Waals surface area contributed by atoms with Crippen LogP contribution in [0.2, 0.25) is 0 Å². The van der Waals surface area contributed by atoms with Gasteiger partial charge in [-0.05, 0) is 51.2 Å². The van der Waals surface area contributed by atoms with Crippen LogP contribution in [0.25, 0.3) is 4.85 Å². The molecule has 1 N–H and O–H groups in total. The molecule has 1 amide bonds. The van der Waals surface area contributed by atoms with Crippen LogP contribution in [-0.2, 0) is 37.5 Å². The number of hydrogen-bond acceptors (Lipinski definition) is 1. The van der Waals surface area contributed by atoms with E-state index in [1.54, 1.807) is 0 Å². The third kappa shape index (κ3) is 3.57. The van der Waals surface area contributed by atoms with E-state index in [0.717, 1.165) is 53.8 Å².